The van der Waals surface area contributed by atoms with Gasteiger partial charge in [0.15, 0.2) is 0 Å². The number of carboxylic acids is 1. The van der Waals surface area contributed by atoms with Crippen molar-refractivity contribution in [2.75, 3.05) is 5.73 Å². The summed E-state index contributed by atoms with van der Waals surface area (Å²) in [4.78, 5) is 10.1. The molecule has 3 N–H and O–H groups in total. The van der Waals surface area contributed by atoms with Crippen LogP contribution in [0.25, 0.3) is 0 Å². The number of carboxylic acid groups (broad SMARTS) is 1. The van der Waals surface area contributed by atoms with Crippen LogP contribution in [0, 0.1) is 0 Å². The van der Waals surface area contributed by atoms with Crippen molar-refractivity contribution in [1.82, 2.24) is 9.78 Å². The number of nitrogen functional groups attached to an aromatic ring is 1. The molecule has 0 radical (unpaired) electrons. The summed E-state index contributed by atoms with van der Waals surface area (Å²) < 4.78 is 1.64. The normalized spacial score (nSPS) is 10.0. The summed E-state index contributed by atoms with van der Waals surface area (Å²) in [5.74, 6) is -0.319. The first-order valence-corrected chi connectivity index (χ1v) is 3.69. The second kappa shape index (κ2) is 3.75. The molecule has 0 spiro atoms. The van der Waals surface area contributed by atoms with Crippen LogP contribution in [0.3, 0.4) is 0 Å². The van der Waals surface area contributed by atoms with E-state index in [0.717, 1.165) is 0 Å². The van der Waals surface area contributed by atoms with E-state index in [-0.39, 0.29) is 6.42 Å². The van der Waals surface area contributed by atoms with E-state index in [1.807, 2.05) is 0 Å². The molecule has 12 heavy (non-hydrogen) atoms. The molecule has 0 atom stereocenters. The van der Waals surface area contributed by atoms with Gasteiger partial charge in [-0.3, -0.25) is 9.48 Å². The molecule has 0 aliphatic rings. The van der Waals surface area contributed by atoms with E-state index in [1.54, 1.807) is 16.9 Å². The molecule has 0 aromatic carbocycles. The van der Waals surface area contributed by atoms with Gasteiger partial charge in [0, 0.05) is 19.2 Å². The fourth-order valence-electron chi connectivity index (χ4n) is 0.894. The first kappa shape index (κ1) is 8.58. The molecule has 0 saturated carbocycles. The minimum atomic E-state index is -0.782. The molecule has 0 amide bonds. The molecule has 1 aromatic rings. The summed E-state index contributed by atoms with van der Waals surface area (Å²) in [5, 5.41) is 12.3. The number of aryl methyl sites for hydroxylation is 1. The maximum absolute atomic E-state index is 10.1. The van der Waals surface area contributed by atoms with E-state index in [0.29, 0.717) is 18.8 Å². The topological polar surface area (TPSA) is 81.1 Å². The molecule has 0 aliphatic heterocycles. The largest absolute Gasteiger partial charge is 0.481 e. The standard InChI is InChI=1S/C7H11N3O2/c8-6-3-5-10(9-6)4-1-2-7(11)12/h3,5H,1-2,4H2,(H2,8,9)(H,11,12). The predicted molar refractivity (Wildman–Crippen MR) is 43.5 cm³/mol. The highest BCUT2D eigenvalue weighted by Gasteiger charge is 1.98. The second-order valence-electron chi connectivity index (χ2n) is 2.50. The molecule has 0 bridgehead atoms. The van der Waals surface area contributed by atoms with Gasteiger partial charge in [-0.15, -0.1) is 0 Å². The molecule has 1 heterocycles. The third-order valence-corrected chi connectivity index (χ3v) is 1.44. The lowest BCUT2D eigenvalue weighted by Crippen LogP contribution is -2.02. The quantitative estimate of drug-likeness (QED) is 0.680. The summed E-state index contributed by atoms with van der Waals surface area (Å²) in [6, 6.07) is 1.68. The summed E-state index contributed by atoms with van der Waals surface area (Å²) in [7, 11) is 0. The Labute approximate surface area is 69.8 Å². The minimum Gasteiger partial charge on any atom is -0.481 e. The molecule has 0 fully saturated rings. The highest BCUT2D eigenvalue weighted by molar-refractivity contribution is 5.66. The summed E-state index contributed by atoms with van der Waals surface area (Å²) in [6.07, 6.45) is 2.48. The van der Waals surface area contributed by atoms with Gasteiger partial charge in [-0.25, -0.2) is 0 Å². The van der Waals surface area contributed by atoms with Gasteiger partial charge in [-0.2, -0.15) is 5.10 Å². The average molecular weight is 169 g/mol. The molecule has 5 heteroatoms. The molecule has 66 valence electrons. The van der Waals surface area contributed by atoms with Crippen LogP contribution in [-0.4, -0.2) is 20.9 Å². The van der Waals surface area contributed by atoms with E-state index in [2.05, 4.69) is 5.10 Å². The number of nitrogens with two attached hydrogens (primary N) is 1. The van der Waals surface area contributed by atoms with E-state index >= 15 is 0 Å². The zero-order valence-electron chi connectivity index (χ0n) is 6.60. The Bertz CT molecular complexity index is 269. The minimum absolute atomic E-state index is 0.166. The van der Waals surface area contributed by atoms with Crippen molar-refractivity contribution in [3.8, 4) is 0 Å². The summed E-state index contributed by atoms with van der Waals surface area (Å²) in [6.45, 7) is 0.601. The molecular formula is C7H11N3O2. The average Bonchev–Trinajstić information content (AvgIpc) is 2.35. The van der Waals surface area contributed by atoms with Gasteiger partial charge in [0.05, 0.1) is 0 Å². The first-order valence-electron chi connectivity index (χ1n) is 3.69. The zero-order chi connectivity index (χ0) is 8.97. The molecule has 5 nitrogen and oxygen atoms in total. The van der Waals surface area contributed by atoms with Crippen LogP contribution in [0.1, 0.15) is 12.8 Å². The number of hydrogen-bond donors (Lipinski definition) is 2. The third kappa shape index (κ3) is 2.61. The van der Waals surface area contributed by atoms with Crippen molar-refractivity contribution in [2.24, 2.45) is 0 Å². The second-order valence-corrected chi connectivity index (χ2v) is 2.50. The van der Waals surface area contributed by atoms with Crippen LogP contribution in [0.15, 0.2) is 12.3 Å². The van der Waals surface area contributed by atoms with Gasteiger partial charge in [0.1, 0.15) is 5.82 Å². The smallest absolute Gasteiger partial charge is 0.303 e. The molecule has 1 aromatic heterocycles. The lowest BCUT2D eigenvalue weighted by atomic mass is 10.3. The number of nitrogens with zero attached hydrogens (tertiary/aromatic N) is 2. The fourth-order valence-corrected chi connectivity index (χ4v) is 0.894. The van der Waals surface area contributed by atoms with Gasteiger partial charge in [0.25, 0.3) is 0 Å². The Kier molecular flexibility index (Phi) is 2.68. The lowest BCUT2D eigenvalue weighted by molar-refractivity contribution is -0.137. The van der Waals surface area contributed by atoms with E-state index in [9.17, 15) is 4.79 Å². The molecule has 0 aliphatic carbocycles. The Balaban J connectivity index is 2.29. The van der Waals surface area contributed by atoms with E-state index < -0.39 is 5.97 Å². The monoisotopic (exact) mass is 169 g/mol. The third-order valence-electron chi connectivity index (χ3n) is 1.44. The van der Waals surface area contributed by atoms with Crippen LogP contribution in [0.4, 0.5) is 5.82 Å². The lowest BCUT2D eigenvalue weighted by Gasteiger charge is -1.97. The van der Waals surface area contributed by atoms with Crippen molar-refractivity contribution in [2.45, 2.75) is 19.4 Å². The van der Waals surface area contributed by atoms with Crippen LogP contribution in [0.5, 0.6) is 0 Å². The van der Waals surface area contributed by atoms with Crippen LogP contribution in [0.2, 0.25) is 0 Å². The van der Waals surface area contributed by atoms with Crippen LogP contribution in [-0.2, 0) is 11.3 Å². The molecule has 0 saturated heterocycles. The number of anilines is 1. The van der Waals surface area contributed by atoms with Crippen molar-refractivity contribution in [1.29, 1.82) is 0 Å². The number of aliphatic carboxylic acids is 1. The first-order chi connectivity index (χ1) is 5.68. The number of hydrogen-bond acceptors (Lipinski definition) is 3. The summed E-state index contributed by atoms with van der Waals surface area (Å²) in [5.41, 5.74) is 5.36. The molecule has 1 rings (SSSR count). The molecular weight excluding hydrogens is 158 g/mol. The van der Waals surface area contributed by atoms with Crippen molar-refractivity contribution in [3.63, 3.8) is 0 Å². The van der Waals surface area contributed by atoms with Crippen molar-refractivity contribution < 1.29 is 9.90 Å². The van der Waals surface area contributed by atoms with Gasteiger partial charge in [-0.1, -0.05) is 0 Å². The van der Waals surface area contributed by atoms with Gasteiger partial charge in [0.2, 0.25) is 0 Å². The highest BCUT2D eigenvalue weighted by Crippen LogP contribution is 1.98. The predicted octanol–water partition coefficient (Wildman–Crippen LogP) is 0.330. The zero-order valence-corrected chi connectivity index (χ0v) is 6.60. The highest BCUT2D eigenvalue weighted by atomic mass is 16.4. The Morgan fingerprint density at radius 2 is 2.50 bits per heavy atom. The Morgan fingerprint density at radius 3 is 3.00 bits per heavy atom. The maximum atomic E-state index is 10.1. The summed E-state index contributed by atoms with van der Waals surface area (Å²) >= 11 is 0. The number of rotatable bonds is 4. The van der Waals surface area contributed by atoms with Gasteiger partial charge in [-0.05, 0) is 12.5 Å². The Hall–Kier alpha value is -1.52. The maximum Gasteiger partial charge on any atom is 0.303 e. The van der Waals surface area contributed by atoms with Crippen molar-refractivity contribution >= 4 is 11.8 Å². The van der Waals surface area contributed by atoms with Crippen LogP contribution < -0.4 is 5.73 Å². The van der Waals surface area contributed by atoms with E-state index in [1.165, 1.54) is 0 Å². The van der Waals surface area contributed by atoms with E-state index in [4.69, 9.17) is 10.8 Å². The van der Waals surface area contributed by atoms with Crippen molar-refractivity contribution in [3.05, 3.63) is 12.3 Å². The SMILES string of the molecule is Nc1ccn(CCCC(=O)O)n1. The van der Waals surface area contributed by atoms with Gasteiger partial charge < -0.3 is 10.8 Å². The molecule has 0 unspecified atom stereocenters. The number of carbonyl (C=O) groups is 1. The Morgan fingerprint density at radius 1 is 1.75 bits per heavy atom. The fraction of sp³-hybridized carbons (Fsp3) is 0.429. The van der Waals surface area contributed by atoms with Crippen LogP contribution >= 0.6 is 0 Å². The number of aromatic nitrogens is 2. The van der Waals surface area contributed by atoms with Gasteiger partial charge >= 0.3 is 5.97 Å².